The first-order valence-corrected chi connectivity index (χ1v) is 6.97. The Morgan fingerprint density at radius 2 is 2.29 bits per heavy atom. The number of nitrogens with zero attached hydrogens (tertiary/aromatic N) is 1. The van der Waals surface area contributed by atoms with Gasteiger partial charge in [-0.25, -0.2) is 4.98 Å². The van der Waals surface area contributed by atoms with Crippen LogP contribution in [0.15, 0.2) is 0 Å². The molecule has 1 aliphatic carbocycles. The fourth-order valence-corrected chi connectivity index (χ4v) is 2.56. The molecule has 0 bridgehead atoms. The van der Waals surface area contributed by atoms with Gasteiger partial charge in [0.2, 0.25) is 0 Å². The highest BCUT2D eigenvalue weighted by atomic mass is 16.5. The van der Waals surface area contributed by atoms with Crippen molar-refractivity contribution in [3.05, 3.63) is 17.2 Å². The summed E-state index contributed by atoms with van der Waals surface area (Å²) in [6, 6.07) is 0. The summed E-state index contributed by atoms with van der Waals surface area (Å²) in [5.41, 5.74) is 2.72. The molecule has 1 aromatic heterocycles. The molecule has 0 aliphatic heterocycles. The van der Waals surface area contributed by atoms with Crippen LogP contribution in [0.1, 0.15) is 50.3 Å². The lowest BCUT2D eigenvalue weighted by molar-refractivity contribution is 0.145. The van der Waals surface area contributed by atoms with Crippen LogP contribution in [-0.4, -0.2) is 23.2 Å². The molecule has 1 aliphatic rings. The van der Waals surface area contributed by atoms with Gasteiger partial charge in [-0.1, -0.05) is 13.3 Å². The van der Waals surface area contributed by atoms with Crippen LogP contribution in [0.3, 0.4) is 0 Å². The Morgan fingerprint density at radius 1 is 1.41 bits per heavy atom. The molecule has 1 atom stereocenters. The molecule has 3 nitrogen and oxygen atoms in total. The van der Waals surface area contributed by atoms with Crippen LogP contribution < -0.4 is 0 Å². The summed E-state index contributed by atoms with van der Waals surface area (Å²) in [5, 5.41) is 0. The minimum absolute atomic E-state index is 0.812. The van der Waals surface area contributed by atoms with Gasteiger partial charge in [-0.15, -0.1) is 0 Å². The number of imidazole rings is 1. The molecule has 1 heterocycles. The van der Waals surface area contributed by atoms with Crippen molar-refractivity contribution in [1.82, 2.24) is 9.97 Å². The lowest BCUT2D eigenvalue weighted by Crippen LogP contribution is -2.12. The van der Waals surface area contributed by atoms with E-state index in [9.17, 15) is 0 Å². The first kappa shape index (κ1) is 12.6. The molecule has 0 fully saturated rings. The van der Waals surface area contributed by atoms with Crippen LogP contribution in [0.4, 0.5) is 0 Å². The third-order valence-corrected chi connectivity index (χ3v) is 3.68. The Morgan fingerprint density at radius 3 is 3.06 bits per heavy atom. The molecule has 1 aromatic rings. The number of hydrogen-bond acceptors (Lipinski definition) is 2. The Bertz CT molecular complexity index is 346. The van der Waals surface area contributed by atoms with Gasteiger partial charge in [0.15, 0.2) is 0 Å². The van der Waals surface area contributed by atoms with Gasteiger partial charge in [-0.2, -0.15) is 0 Å². The molecule has 1 N–H and O–H groups in total. The van der Waals surface area contributed by atoms with Crippen molar-refractivity contribution in [3.63, 3.8) is 0 Å². The van der Waals surface area contributed by atoms with E-state index in [1.54, 1.807) is 0 Å². The van der Waals surface area contributed by atoms with Crippen LogP contribution in [0.25, 0.3) is 0 Å². The number of aryl methyl sites for hydroxylation is 2. The van der Waals surface area contributed by atoms with Crippen molar-refractivity contribution in [2.45, 2.75) is 52.4 Å². The first-order valence-electron chi connectivity index (χ1n) is 6.97. The van der Waals surface area contributed by atoms with Gasteiger partial charge >= 0.3 is 0 Å². The molecule has 0 aromatic carbocycles. The van der Waals surface area contributed by atoms with E-state index >= 15 is 0 Å². The van der Waals surface area contributed by atoms with E-state index in [1.165, 1.54) is 30.7 Å². The van der Waals surface area contributed by atoms with Gasteiger partial charge in [0.1, 0.15) is 5.82 Å². The molecule has 3 heteroatoms. The van der Waals surface area contributed by atoms with Crippen molar-refractivity contribution in [1.29, 1.82) is 0 Å². The summed E-state index contributed by atoms with van der Waals surface area (Å²) in [5.74, 6) is 2.02. The first-order chi connectivity index (χ1) is 8.33. The molecule has 0 radical (unpaired) electrons. The molecular formula is C14H24N2O. The maximum absolute atomic E-state index is 5.35. The zero-order chi connectivity index (χ0) is 12.1. The number of hydrogen-bond donors (Lipinski definition) is 1. The highest BCUT2D eigenvalue weighted by molar-refractivity contribution is 5.18. The summed E-state index contributed by atoms with van der Waals surface area (Å²) < 4.78 is 5.35. The quantitative estimate of drug-likeness (QED) is 0.771. The number of ether oxygens (including phenoxy) is 1. The van der Waals surface area contributed by atoms with Crippen LogP contribution in [0.2, 0.25) is 0 Å². The zero-order valence-electron chi connectivity index (χ0n) is 11.1. The number of rotatable bonds is 6. The molecule has 0 saturated heterocycles. The fraction of sp³-hybridized carbons (Fsp3) is 0.786. The van der Waals surface area contributed by atoms with Crippen LogP contribution in [0, 0.1) is 5.92 Å². The topological polar surface area (TPSA) is 37.9 Å². The number of fused-ring (bicyclic) bond motifs is 1. The maximum atomic E-state index is 5.35. The average molecular weight is 236 g/mol. The third kappa shape index (κ3) is 3.32. The number of nitrogens with one attached hydrogen (secondary N) is 1. The molecule has 0 amide bonds. The largest absolute Gasteiger partial charge is 0.382 e. The average Bonchev–Trinajstić information content (AvgIpc) is 2.76. The lowest BCUT2D eigenvalue weighted by Gasteiger charge is -2.19. The van der Waals surface area contributed by atoms with Crippen LogP contribution >= 0.6 is 0 Å². The van der Waals surface area contributed by atoms with Gasteiger partial charge in [-0.05, 0) is 38.5 Å². The van der Waals surface area contributed by atoms with Gasteiger partial charge in [-0.3, -0.25) is 0 Å². The minimum atomic E-state index is 0.812. The van der Waals surface area contributed by atoms with Crippen LogP contribution in [0.5, 0.6) is 0 Å². The lowest BCUT2D eigenvalue weighted by atomic mass is 9.88. The van der Waals surface area contributed by atoms with E-state index in [2.05, 4.69) is 11.9 Å². The summed E-state index contributed by atoms with van der Waals surface area (Å²) in [6.07, 6.45) is 7.05. The predicted molar refractivity (Wildman–Crippen MR) is 69.2 cm³/mol. The van der Waals surface area contributed by atoms with E-state index < -0.39 is 0 Å². The predicted octanol–water partition coefficient (Wildman–Crippen LogP) is 2.89. The Balaban J connectivity index is 1.87. The summed E-state index contributed by atoms with van der Waals surface area (Å²) >= 11 is 0. The molecule has 1 unspecified atom stereocenters. The molecule has 96 valence electrons. The number of H-pyrrole nitrogens is 1. The second-order valence-electron chi connectivity index (χ2n) is 4.93. The van der Waals surface area contributed by atoms with Crippen LogP contribution in [-0.2, 0) is 24.0 Å². The second-order valence-corrected chi connectivity index (χ2v) is 4.93. The van der Waals surface area contributed by atoms with Crippen molar-refractivity contribution in [3.8, 4) is 0 Å². The second kappa shape index (κ2) is 6.20. The van der Waals surface area contributed by atoms with Crippen molar-refractivity contribution in [2.24, 2.45) is 5.92 Å². The number of aromatic nitrogens is 2. The molecular weight excluding hydrogens is 212 g/mol. The zero-order valence-corrected chi connectivity index (χ0v) is 11.1. The maximum Gasteiger partial charge on any atom is 0.106 e. The van der Waals surface area contributed by atoms with Gasteiger partial charge in [0.05, 0.1) is 5.69 Å². The standard InChI is InChI=1S/C14H24N2O/c1-3-11-7-8-12-13(10-11)16-14(15-12)6-5-9-17-4-2/h11H,3-10H2,1-2H3,(H,15,16). The molecule has 0 spiro atoms. The molecule has 17 heavy (non-hydrogen) atoms. The third-order valence-electron chi connectivity index (χ3n) is 3.68. The molecule has 2 rings (SSSR count). The highest BCUT2D eigenvalue weighted by Crippen LogP contribution is 2.25. The van der Waals surface area contributed by atoms with E-state index in [1.807, 2.05) is 6.92 Å². The Labute approximate surface area is 104 Å². The Hall–Kier alpha value is -0.830. The van der Waals surface area contributed by atoms with Gasteiger partial charge in [0, 0.05) is 25.3 Å². The van der Waals surface area contributed by atoms with Crippen molar-refractivity contribution >= 4 is 0 Å². The number of aromatic amines is 1. The highest BCUT2D eigenvalue weighted by Gasteiger charge is 2.20. The fourth-order valence-electron chi connectivity index (χ4n) is 2.56. The Kier molecular flexibility index (Phi) is 4.60. The van der Waals surface area contributed by atoms with Crippen molar-refractivity contribution < 1.29 is 4.74 Å². The summed E-state index contributed by atoms with van der Waals surface area (Å²) in [6.45, 7) is 5.98. The summed E-state index contributed by atoms with van der Waals surface area (Å²) in [7, 11) is 0. The van der Waals surface area contributed by atoms with E-state index in [0.717, 1.165) is 44.2 Å². The van der Waals surface area contributed by atoms with E-state index in [4.69, 9.17) is 9.72 Å². The van der Waals surface area contributed by atoms with Gasteiger partial charge in [0.25, 0.3) is 0 Å². The van der Waals surface area contributed by atoms with E-state index in [0.29, 0.717) is 0 Å². The van der Waals surface area contributed by atoms with Crippen molar-refractivity contribution in [2.75, 3.05) is 13.2 Å². The SMILES string of the molecule is CCOCCCc1nc2c([nH]1)CC(CC)CC2. The van der Waals surface area contributed by atoms with Gasteiger partial charge < -0.3 is 9.72 Å². The van der Waals surface area contributed by atoms with E-state index in [-0.39, 0.29) is 0 Å². The minimum Gasteiger partial charge on any atom is -0.382 e. The smallest absolute Gasteiger partial charge is 0.106 e. The summed E-state index contributed by atoms with van der Waals surface area (Å²) in [4.78, 5) is 8.21. The molecule has 0 saturated carbocycles. The normalized spacial score (nSPS) is 19.3. The monoisotopic (exact) mass is 236 g/mol.